The Morgan fingerprint density at radius 2 is 2.05 bits per heavy atom. The first-order chi connectivity index (χ1) is 9.87. The first-order valence-electron chi connectivity index (χ1n) is 8.58. The lowest BCUT2D eigenvalue weighted by Crippen LogP contribution is -2.40. The molecule has 0 aromatic carbocycles. The van der Waals surface area contributed by atoms with Gasteiger partial charge in [-0.15, -0.1) is 0 Å². The molecule has 0 spiro atoms. The van der Waals surface area contributed by atoms with Crippen LogP contribution in [-0.2, 0) is 4.74 Å². The molecule has 4 heteroatoms. The predicted molar refractivity (Wildman–Crippen MR) is 87.5 cm³/mol. The van der Waals surface area contributed by atoms with E-state index in [0.29, 0.717) is 12.0 Å². The minimum Gasteiger partial charge on any atom is -0.444 e. The fourth-order valence-corrected chi connectivity index (χ4v) is 2.87. The van der Waals surface area contributed by atoms with Crippen LogP contribution in [0.1, 0.15) is 66.7 Å². The van der Waals surface area contributed by atoms with Gasteiger partial charge in [0.25, 0.3) is 0 Å². The molecule has 1 fully saturated rings. The van der Waals surface area contributed by atoms with Gasteiger partial charge in [-0.1, -0.05) is 26.7 Å². The minimum atomic E-state index is -0.406. The molecule has 0 aliphatic carbocycles. The van der Waals surface area contributed by atoms with Crippen LogP contribution >= 0.6 is 0 Å². The molecule has 0 radical (unpaired) electrons. The summed E-state index contributed by atoms with van der Waals surface area (Å²) < 4.78 is 5.48. The number of nitrogens with zero attached hydrogens (tertiary/aromatic N) is 1. The molecular formula is C17H34N2O2. The Kier molecular flexibility index (Phi) is 7.50. The molecule has 2 atom stereocenters. The zero-order valence-corrected chi connectivity index (χ0v) is 14.6. The molecule has 0 aromatic rings. The molecule has 0 aromatic heterocycles. The van der Waals surface area contributed by atoms with Crippen molar-refractivity contribution < 1.29 is 9.53 Å². The molecule has 1 aliphatic rings. The van der Waals surface area contributed by atoms with Crippen molar-refractivity contribution in [1.82, 2.24) is 10.2 Å². The van der Waals surface area contributed by atoms with E-state index in [1.807, 2.05) is 25.7 Å². The highest BCUT2D eigenvalue weighted by molar-refractivity contribution is 5.68. The Balaban J connectivity index is 2.50. The van der Waals surface area contributed by atoms with Gasteiger partial charge < -0.3 is 15.0 Å². The number of nitrogens with one attached hydrogen (secondary N) is 1. The van der Waals surface area contributed by atoms with Gasteiger partial charge in [-0.3, -0.25) is 0 Å². The maximum absolute atomic E-state index is 12.1. The number of hydrogen-bond donors (Lipinski definition) is 1. The van der Waals surface area contributed by atoms with Crippen molar-refractivity contribution in [1.29, 1.82) is 0 Å². The lowest BCUT2D eigenvalue weighted by molar-refractivity contribution is 0.0285. The van der Waals surface area contributed by atoms with Crippen molar-refractivity contribution in [2.45, 2.75) is 78.4 Å². The Labute approximate surface area is 130 Å². The van der Waals surface area contributed by atoms with Crippen LogP contribution in [0, 0.1) is 5.92 Å². The Hall–Kier alpha value is -0.770. The number of likely N-dealkylation sites (tertiary alicyclic amines) is 1. The third kappa shape index (κ3) is 6.68. The molecule has 1 aliphatic heterocycles. The predicted octanol–water partition coefficient (Wildman–Crippen LogP) is 3.80. The average Bonchev–Trinajstić information content (AvgIpc) is 2.86. The second-order valence-electron chi connectivity index (χ2n) is 7.18. The summed E-state index contributed by atoms with van der Waals surface area (Å²) in [5.74, 6) is 0.565. The topological polar surface area (TPSA) is 41.6 Å². The number of carbonyl (C=O) groups is 1. The number of hydrogen-bond acceptors (Lipinski definition) is 3. The fourth-order valence-electron chi connectivity index (χ4n) is 2.87. The van der Waals surface area contributed by atoms with E-state index in [1.165, 1.54) is 19.3 Å². The molecule has 21 heavy (non-hydrogen) atoms. The highest BCUT2D eigenvalue weighted by Crippen LogP contribution is 2.24. The summed E-state index contributed by atoms with van der Waals surface area (Å²) in [4.78, 5) is 14.0. The molecule has 1 N–H and O–H groups in total. The molecule has 1 saturated heterocycles. The largest absolute Gasteiger partial charge is 0.444 e. The van der Waals surface area contributed by atoms with Crippen molar-refractivity contribution in [3.05, 3.63) is 0 Å². The SMILES string of the molecule is CCCCC(NCCC)C1CCN(C(=O)OC(C)(C)C)C1. The number of ether oxygens (including phenoxy) is 1. The summed E-state index contributed by atoms with van der Waals surface area (Å²) in [5, 5.41) is 3.68. The van der Waals surface area contributed by atoms with Gasteiger partial charge in [0.15, 0.2) is 0 Å². The summed E-state index contributed by atoms with van der Waals surface area (Å²) in [5.41, 5.74) is -0.406. The molecule has 0 bridgehead atoms. The summed E-state index contributed by atoms with van der Waals surface area (Å²) in [6, 6.07) is 0.539. The lowest BCUT2D eigenvalue weighted by atomic mass is 9.94. The molecule has 2 unspecified atom stereocenters. The molecule has 1 rings (SSSR count). The molecule has 1 amide bonds. The van der Waals surface area contributed by atoms with E-state index < -0.39 is 5.60 Å². The quantitative estimate of drug-likeness (QED) is 0.777. The van der Waals surface area contributed by atoms with E-state index in [9.17, 15) is 4.79 Å². The van der Waals surface area contributed by atoms with Gasteiger partial charge in [-0.25, -0.2) is 4.79 Å². The maximum atomic E-state index is 12.1. The van der Waals surface area contributed by atoms with E-state index in [1.54, 1.807) is 0 Å². The maximum Gasteiger partial charge on any atom is 0.410 e. The Morgan fingerprint density at radius 3 is 2.62 bits per heavy atom. The second-order valence-corrected chi connectivity index (χ2v) is 7.18. The van der Waals surface area contributed by atoms with Crippen LogP contribution in [0.3, 0.4) is 0 Å². The monoisotopic (exact) mass is 298 g/mol. The highest BCUT2D eigenvalue weighted by atomic mass is 16.6. The molecule has 124 valence electrons. The van der Waals surface area contributed by atoms with Crippen LogP contribution in [0.25, 0.3) is 0 Å². The fraction of sp³-hybridized carbons (Fsp3) is 0.941. The third-order valence-electron chi connectivity index (χ3n) is 3.97. The van der Waals surface area contributed by atoms with Crippen LogP contribution in [0.5, 0.6) is 0 Å². The summed E-state index contributed by atoms with van der Waals surface area (Å²) in [7, 11) is 0. The summed E-state index contributed by atoms with van der Waals surface area (Å²) in [6.45, 7) is 12.9. The number of carbonyl (C=O) groups excluding carboxylic acids is 1. The minimum absolute atomic E-state index is 0.158. The van der Waals surface area contributed by atoms with E-state index in [0.717, 1.165) is 32.5 Å². The Bertz CT molecular complexity index is 304. The van der Waals surface area contributed by atoms with Crippen LogP contribution < -0.4 is 5.32 Å². The second kappa shape index (κ2) is 8.62. The van der Waals surface area contributed by atoms with Crippen molar-refractivity contribution in [3.63, 3.8) is 0 Å². The molecule has 4 nitrogen and oxygen atoms in total. The number of rotatable bonds is 7. The molecule has 0 saturated carbocycles. The van der Waals surface area contributed by atoms with Crippen LogP contribution in [0.15, 0.2) is 0 Å². The van der Waals surface area contributed by atoms with Gasteiger partial charge in [0.05, 0.1) is 0 Å². The van der Waals surface area contributed by atoms with Crippen LogP contribution in [0.4, 0.5) is 4.79 Å². The van der Waals surface area contributed by atoms with Crippen molar-refractivity contribution in [2.24, 2.45) is 5.92 Å². The highest BCUT2D eigenvalue weighted by Gasteiger charge is 2.33. The Morgan fingerprint density at radius 1 is 1.33 bits per heavy atom. The summed E-state index contributed by atoms with van der Waals surface area (Å²) in [6.07, 6.45) is 5.78. The standard InChI is InChI=1S/C17H34N2O2/c1-6-8-9-15(18-11-7-2)14-10-12-19(13-14)16(20)21-17(3,4)5/h14-15,18H,6-13H2,1-5H3. The van der Waals surface area contributed by atoms with Gasteiger partial charge in [-0.2, -0.15) is 0 Å². The van der Waals surface area contributed by atoms with Crippen molar-refractivity contribution >= 4 is 6.09 Å². The van der Waals surface area contributed by atoms with Crippen molar-refractivity contribution in [2.75, 3.05) is 19.6 Å². The van der Waals surface area contributed by atoms with Gasteiger partial charge >= 0.3 is 6.09 Å². The van der Waals surface area contributed by atoms with E-state index in [4.69, 9.17) is 4.74 Å². The zero-order valence-electron chi connectivity index (χ0n) is 14.6. The summed E-state index contributed by atoms with van der Waals surface area (Å²) >= 11 is 0. The van der Waals surface area contributed by atoms with E-state index in [-0.39, 0.29) is 6.09 Å². The van der Waals surface area contributed by atoms with Crippen molar-refractivity contribution in [3.8, 4) is 0 Å². The smallest absolute Gasteiger partial charge is 0.410 e. The van der Waals surface area contributed by atoms with Gasteiger partial charge in [0.1, 0.15) is 5.60 Å². The average molecular weight is 298 g/mol. The van der Waals surface area contributed by atoms with E-state index >= 15 is 0 Å². The third-order valence-corrected chi connectivity index (χ3v) is 3.97. The van der Waals surface area contributed by atoms with Crippen LogP contribution in [0.2, 0.25) is 0 Å². The zero-order chi connectivity index (χ0) is 15.9. The lowest BCUT2D eigenvalue weighted by Gasteiger charge is -2.27. The molecule has 1 heterocycles. The number of unbranched alkanes of at least 4 members (excludes halogenated alkanes) is 1. The van der Waals surface area contributed by atoms with Gasteiger partial charge in [0, 0.05) is 19.1 Å². The first-order valence-corrected chi connectivity index (χ1v) is 8.58. The first kappa shape index (κ1) is 18.3. The van der Waals surface area contributed by atoms with E-state index in [2.05, 4.69) is 19.2 Å². The van der Waals surface area contributed by atoms with Gasteiger partial charge in [-0.05, 0) is 52.5 Å². The normalized spacial score (nSPS) is 20.6. The molecular weight excluding hydrogens is 264 g/mol. The number of amides is 1. The van der Waals surface area contributed by atoms with Crippen LogP contribution in [-0.4, -0.2) is 42.3 Å². The van der Waals surface area contributed by atoms with Gasteiger partial charge in [0.2, 0.25) is 0 Å².